The standard InChI is InChI=1S/C16H17NO2/c1-12-6-5-7-13(10-12)11-17(2)15-9-4-3-8-14(15)16(18)19/h3-10H,11H2,1-2H3,(H,18,19). The van der Waals surface area contributed by atoms with Gasteiger partial charge in [0.1, 0.15) is 0 Å². The second-order valence-electron chi connectivity index (χ2n) is 4.67. The van der Waals surface area contributed by atoms with Gasteiger partial charge in [-0.3, -0.25) is 0 Å². The van der Waals surface area contributed by atoms with Crippen LogP contribution in [0.2, 0.25) is 0 Å². The number of anilines is 1. The van der Waals surface area contributed by atoms with Gasteiger partial charge in [-0.1, -0.05) is 42.0 Å². The van der Waals surface area contributed by atoms with Crippen molar-refractivity contribution in [1.82, 2.24) is 0 Å². The number of nitrogens with zero attached hydrogens (tertiary/aromatic N) is 1. The maximum atomic E-state index is 11.2. The van der Waals surface area contributed by atoms with Gasteiger partial charge in [-0.15, -0.1) is 0 Å². The molecule has 0 amide bonds. The third-order valence-corrected chi connectivity index (χ3v) is 3.05. The molecule has 2 aromatic carbocycles. The van der Waals surface area contributed by atoms with E-state index in [-0.39, 0.29) is 0 Å². The average molecular weight is 255 g/mol. The van der Waals surface area contributed by atoms with Crippen molar-refractivity contribution in [3.8, 4) is 0 Å². The van der Waals surface area contributed by atoms with Crippen molar-refractivity contribution in [1.29, 1.82) is 0 Å². The molecule has 0 heterocycles. The molecule has 0 aromatic heterocycles. The number of hydrogen-bond acceptors (Lipinski definition) is 2. The van der Waals surface area contributed by atoms with E-state index in [1.165, 1.54) is 11.1 Å². The van der Waals surface area contributed by atoms with Gasteiger partial charge < -0.3 is 10.0 Å². The molecule has 1 N–H and O–H groups in total. The van der Waals surface area contributed by atoms with Crippen molar-refractivity contribution in [3.63, 3.8) is 0 Å². The molecule has 0 bridgehead atoms. The summed E-state index contributed by atoms with van der Waals surface area (Å²) in [5, 5.41) is 9.20. The van der Waals surface area contributed by atoms with Crippen LogP contribution >= 0.6 is 0 Å². The van der Waals surface area contributed by atoms with Gasteiger partial charge in [0.05, 0.1) is 11.3 Å². The minimum atomic E-state index is -0.897. The highest BCUT2D eigenvalue weighted by Gasteiger charge is 2.12. The molecule has 0 aliphatic carbocycles. The van der Waals surface area contributed by atoms with E-state index in [2.05, 4.69) is 19.1 Å². The summed E-state index contributed by atoms with van der Waals surface area (Å²) in [6.45, 7) is 2.74. The van der Waals surface area contributed by atoms with Gasteiger partial charge in [0, 0.05) is 13.6 Å². The Morgan fingerprint density at radius 1 is 1.16 bits per heavy atom. The zero-order valence-electron chi connectivity index (χ0n) is 11.1. The summed E-state index contributed by atoms with van der Waals surface area (Å²) in [6, 6.07) is 15.3. The van der Waals surface area contributed by atoms with E-state index in [0.717, 1.165) is 5.69 Å². The van der Waals surface area contributed by atoms with Gasteiger partial charge >= 0.3 is 5.97 Å². The molecule has 98 valence electrons. The van der Waals surface area contributed by atoms with Crippen LogP contribution in [0, 0.1) is 6.92 Å². The average Bonchev–Trinajstić information content (AvgIpc) is 2.38. The van der Waals surface area contributed by atoms with Crippen molar-refractivity contribution in [3.05, 3.63) is 65.2 Å². The smallest absolute Gasteiger partial charge is 0.337 e. The van der Waals surface area contributed by atoms with E-state index in [1.807, 2.05) is 36.2 Å². The second kappa shape index (κ2) is 5.57. The molecule has 0 saturated heterocycles. The summed E-state index contributed by atoms with van der Waals surface area (Å²) in [5.74, 6) is -0.897. The third kappa shape index (κ3) is 3.13. The fourth-order valence-electron chi connectivity index (χ4n) is 2.16. The van der Waals surface area contributed by atoms with Crippen LogP contribution in [0.15, 0.2) is 48.5 Å². The van der Waals surface area contributed by atoms with Crippen LogP contribution in [-0.4, -0.2) is 18.1 Å². The molecular weight excluding hydrogens is 238 g/mol. The number of aromatic carboxylic acids is 1. The van der Waals surface area contributed by atoms with Crippen LogP contribution < -0.4 is 4.90 Å². The normalized spacial score (nSPS) is 10.2. The Balaban J connectivity index is 2.25. The number of carboxylic acid groups (broad SMARTS) is 1. The summed E-state index contributed by atoms with van der Waals surface area (Å²) in [6.07, 6.45) is 0. The van der Waals surface area contributed by atoms with Crippen LogP contribution in [0.4, 0.5) is 5.69 Å². The number of para-hydroxylation sites is 1. The lowest BCUT2D eigenvalue weighted by Crippen LogP contribution is -2.19. The zero-order valence-corrected chi connectivity index (χ0v) is 11.1. The van der Waals surface area contributed by atoms with Gasteiger partial charge in [0.25, 0.3) is 0 Å². The minimum absolute atomic E-state index is 0.331. The molecular formula is C16H17NO2. The largest absolute Gasteiger partial charge is 0.478 e. The first-order valence-corrected chi connectivity index (χ1v) is 6.17. The first-order chi connectivity index (χ1) is 9.08. The Morgan fingerprint density at radius 3 is 2.58 bits per heavy atom. The van der Waals surface area contributed by atoms with Crippen LogP contribution in [0.25, 0.3) is 0 Å². The van der Waals surface area contributed by atoms with E-state index < -0.39 is 5.97 Å². The van der Waals surface area contributed by atoms with E-state index in [1.54, 1.807) is 12.1 Å². The van der Waals surface area contributed by atoms with Crippen molar-refractivity contribution < 1.29 is 9.90 Å². The fraction of sp³-hybridized carbons (Fsp3) is 0.188. The van der Waals surface area contributed by atoms with Crippen molar-refractivity contribution >= 4 is 11.7 Å². The highest BCUT2D eigenvalue weighted by Crippen LogP contribution is 2.21. The molecule has 0 fully saturated rings. The predicted octanol–water partition coefficient (Wildman–Crippen LogP) is 3.33. The molecule has 0 unspecified atom stereocenters. The summed E-state index contributed by atoms with van der Waals surface area (Å²) in [5.41, 5.74) is 3.44. The highest BCUT2D eigenvalue weighted by molar-refractivity contribution is 5.94. The first-order valence-electron chi connectivity index (χ1n) is 6.17. The summed E-state index contributed by atoms with van der Waals surface area (Å²) in [7, 11) is 1.91. The lowest BCUT2D eigenvalue weighted by atomic mass is 10.1. The summed E-state index contributed by atoms with van der Waals surface area (Å²) < 4.78 is 0. The van der Waals surface area contributed by atoms with Gasteiger partial charge in [-0.2, -0.15) is 0 Å². The Bertz CT molecular complexity index is 593. The Labute approximate surface area is 113 Å². The van der Waals surface area contributed by atoms with Gasteiger partial charge in [0.15, 0.2) is 0 Å². The zero-order chi connectivity index (χ0) is 13.8. The number of aryl methyl sites for hydroxylation is 1. The molecule has 0 aliphatic rings. The van der Waals surface area contributed by atoms with Gasteiger partial charge in [-0.25, -0.2) is 4.79 Å². The topological polar surface area (TPSA) is 40.5 Å². The van der Waals surface area contributed by atoms with Crippen molar-refractivity contribution in [2.45, 2.75) is 13.5 Å². The molecule has 0 saturated carbocycles. The van der Waals surface area contributed by atoms with E-state index in [0.29, 0.717) is 12.1 Å². The molecule has 0 aliphatic heterocycles. The van der Waals surface area contributed by atoms with Crippen LogP contribution in [-0.2, 0) is 6.54 Å². The monoisotopic (exact) mass is 255 g/mol. The minimum Gasteiger partial charge on any atom is -0.478 e. The van der Waals surface area contributed by atoms with Crippen molar-refractivity contribution in [2.24, 2.45) is 0 Å². The SMILES string of the molecule is Cc1cccc(CN(C)c2ccccc2C(=O)O)c1. The Hall–Kier alpha value is -2.29. The maximum Gasteiger partial charge on any atom is 0.337 e. The molecule has 2 rings (SSSR count). The molecule has 19 heavy (non-hydrogen) atoms. The molecule has 0 radical (unpaired) electrons. The Morgan fingerprint density at radius 2 is 1.89 bits per heavy atom. The predicted molar refractivity (Wildman–Crippen MR) is 76.7 cm³/mol. The molecule has 3 nitrogen and oxygen atoms in total. The highest BCUT2D eigenvalue weighted by atomic mass is 16.4. The number of hydrogen-bond donors (Lipinski definition) is 1. The Kier molecular flexibility index (Phi) is 3.85. The summed E-state index contributed by atoms with van der Waals surface area (Å²) in [4.78, 5) is 13.2. The third-order valence-electron chi connectivity index (χ3n) is 3.05. The van der Waals surface area contributed by atoms with Crippen LogP contribution in [0.1, 0.15) is 21.5 Å². The number of benzene rings is 2. The maximum absolute atomic E-state index is 11.2. The van der Waals surface area contributed by atoms with E-state index >= 15 is 0 Å². The van der Waals surface area contributed by atoms with Gasteiger partial charge in [0.2, 0.25) is 0 Å². The van der Waals surface area contributed by atoms with Crippen LogP contribution in [0.3, 0.4) is 0 Å². The molecule has 3 heteroatoms. The quantitative estimate of drug-likeness (QED) is 0.911. The van der Waals surface area contributed by atoms with Crippen LogP contribution in [0.5, 0.6) is 0 Å². The second-order valence-corrected chi connectivity index (χ2v) is 4.67. The van der Waals surface area contributed by atoms with E-state index in [9.17, 15) is 9.90 Å². The van der Waals surface area contributed by atoms with E-state index in [4.69, 9.17) is 0 Å². The lowest BCUT2D eigenvalue weighted by molar-refractivity contribution is 0.0697. The first kappa shape index (κ1) is 13.1. The fourth-order valence-corrected chi connectivity index (χ4v) is 2.16. The molecule has 2 aromatic rings. The number of rotatable bonds is 4. The molecule has 0 atom stereocenters. The number of carboxylic acids is 1. The molecule has 0 spiro atoms. The lowest BCUT2D eigenvalue weighted by Gasteiger charge is -2.21. The van der Waals surface area contributed by atoms with Gasteiger partial charge in [-0.05, 0) is 24.6 Å². The number of carbonyl (C=O) groups is 1. The van der Waals surface area contributed by atoms with Crippen molar-refractivity contribution in [2.75, 3.05) is 11.9 Å². The summed E-state index contributed by atoms with van der Waals surface area (Å²) >= 11 is 0.